The maximum Gasteiger partial charge on any atom is 0.426 e. The van der Waals surface area contributed by atoms with Crippen molar-refractivity contribution in [1.29, 1.82) is 0 Å². The molecule has 12 nitrogen and oxygen atoms in total. The van der Waals surface area contributed by atoms with E-state index in [1.54, 1.807) is 25.3 Å². The van der Waals surface area contributed by atoms with E-state index >= 15 is 0 Å². The second kappa shape index (κ2) is 10.8. The van der Waals surface area contributed by atoms with Crippen LogP contribution in [0.5, 0.6) is 28.7 Å². The van der Waals surface area contributed by atoms with E-state index < -0.39 is 12.0 Å². The van der Waals surface area contributed by atoms with E-state index in [1.165, 1.54) is 0 Å². The smallest absolute Gasteiger partial charge is 0.426 e. The number of carbonyl (C=O) groups excluding carboxylic acids is 2. The molecule has 5 rings (SSSR count). The number of carbonyl (C=O) groups is 2. The number of hydrogen-bond acceptors (Lipinski definition) is 10. The lowest BCUT2D eigenvalue weighted by molar-refractivity contribution is 0.0842. The molecule has 3 heterocycles. The largest absolute Gasteiger partial charge is 0.493 e. The number of hydrazine groups is 1. The van der Waals surface area contributed by atoms with E-state index in [9.17, 15) is 9.59 Å². The maximum absolute atomic E-state index is 12.2. The van der Waals surface area contributed by atoms with Gasteiger partial charge in [0.1, 0.15) is 6.61 Å². The number of benzene rings is 2. The third-order valence-electron chi connectivity index (χ3n) is 6.14. The van der Waals surface area contributed by atoms with Gasteiger partial charge in [0, 0.05) is 44.8 Å². The van der Waals surface area contributed by atoms with Gasteiger partial charge in [0.15, 0.2) is 23.0 Å². The van der Waals surface area contributed by atoms with E-state index in [0.29, 0.717) is 40.9 Å². The molecule has 0 aromatic heterocycles. The monoisotopic (exact) mass is 500 g/mol. The number of nitrogens with zero attached hydrogens (tertiary/aromatic N) is 2. The summed E-state index contributed by atoms with van der Waals surface area (Å²) >= 11 is 0. The Labute approximate surface area is 207 Å². The quantitative estimate of drug-likeness (QED) is 0.539. The fraction of sp³-hybridized carbons (Fsp3) is 0.417. The molecule has 0 unspecified atom stereocenters. The summed E-state index contributed by atoms with van der Waals surface area (Å²) in [6.07, 6.45) is -0.723. The highest BCUT2D eigenvalue weighted by Gasteiger charge is 2.23. The van der Waals surface area contributed by atoms with Crippen molar-refractivity contribution >= 4 is 12.0 Å². The van der Waals surface area contributed by atoms with Gasteiger partial charge in [-0.05, 0) is 35.9 Å². The molecule has 36 heavy (non-hydrogen) atoms. The number of amides is 2. The molecule has 1 fully saturated rings. The minimum absolute atomic E-state index is 0.120. The number of methoxy groups -OCH3 is 1. The Hall–Kier alpha value is -3.90. The first-order valence-electron chi connectivity index (χ1n) is 11.6. The van der Waals surface area contributed by atoms with Crippen molar-refractivity contribution in [1.82, 2.24) is 20.7 Å². The minimum Gasteiger partial charge on any atom is -0.493 e. The van der Waals surface area contributed by atoms with Crippen molar-refractivity contribution in [2.24, 2.45) is 0 Å². The molecule has 2 aromatic carbocycles. The van der Waals surface area contributed by atoms with Gasteiger partial charge in [-0.2, -0.15) is 0 Å². The Morgan fingerprint density at radius 2 is 1.64 bits per heavy atom. The van der Waals surface area contributed by atoms with Gasteiger partial charge in [0.05, 0.1) is 7.11 Å². The maximum atomic E-state index is 12.2. The summed E-state index contributed by atoms with van der Waals surface area (Å²) < 4.78 is 32.1. The van der Waals surface area contributed by atoms with E-state index in [-0.39, 0.29) is 20.2 Å². The van der Waals surface area contributed by atoms with Crippen molar-refractivity contribution in [2.75, 3.05) is 60.0 Å². The number of rotatable bonds is 7. The summed E-state index contributed by atoms with van der Waals surface area (Å²) in [6.45, 7) is 5.41. The molecule has 0 bridgehead atoms. The number of piperazine rings is 1. The van der Waals surface area contributed by atoms with Gasteiger partial charge in [-0.25, -0.2) is 10.2 Å². The summed E-state index contributed by atoms with van der Waals surface area (Å²) in [5.41, 5.74) is 6.02. The molecule has 3 aliphatic rings. The molecular formula is C24H28N4O8. The third-order valence-corrected chi connectivity index (χ3v) is 6.14. The van der Waals surface area contributed by atoms with Crippen LogP contribution in [0.4, 0.5) is 4.79 Å². The van der Waals surface area contributed by atoms with Crippen LogP contribution in [-0.4, -0.2) is 81.8 Å². The topological polar surface area (TPSA) is 120 Å². The number of nitrogens with one attached hydrogen (secondary N) is 2. The summed E-state index contributed by atoms with van der Waals surface area (Å²) in [7, 11) is 1.62. The molecule has 0 saturated carbocycles. The van der Waals surface area contributed by atoms with Gasteiger partial charge in [-0.1, -0.05) is 0 Å². The summed E-state index contributed by atoms with van der Waals surface area (Å²) in [6, 6.07) is 8.75. The van der Waals surface area contributed by atoms with Crippen LogP contribution in [0, 0.1) is 0 Å². The molecule has 1 saturated heterocycles. The lowest BCUT2D eigenvalue weighted by Crippen LogP contribution is -2.47. The van der Waals surface area contributed by atoms with E-state index in [0.717, 1.165) is 38.3 Å². The molecule has 192 valence electrons. The van der Waals surface area contributed by atoms with Crippen LogP contribution in [-0.2, 0) is 11.3 Å². The lowest BCUT2D eigenvalue weighted by Gasteiger charge is -2.34. The summed E-state index contributed by atoms with van der Waals surface area (Å²) in [5, 5.41) is 0. The zero-order valence-corrected chi connectivity index (χ0v) is 19.9. The van der Waals surface area contributed by atoms with E-state index in [1.807, 2.05) is 12.1 Å². The molecule has 2 aromatic rings. The summed E-state index contributed by atoms with van der Waals surface area (Å²) in [4.78, 5) is 28.7. The van der Waals surface area contributed by atoms with Crippen molar-refractivity contribution in [3.8, 4) is 28.7 Å². The van der Waals surface area contributed by atoms with Crippen molar-refractivity contribution < 1.29 is 38.0 Å². The van der Waals surface area contributed by atoms with E-state index in [2.05, 4.69) is 20.7 Å². The molecule has 3 aliphatic heterocycles. The Morgan fingerprint density at radius 3 is 2.47 bits per heavy atom. The van der Waals surface area contributed by atoms with Gasteiger partial charge in [0.25, 0.3) is 5.91 Å². The number of fused-ring (bicyclic) bond motifs is 2. The van der Waals surface area contributed by atoms with Crippen LogP contribution in [0.3, 0.4) is 0 Å². The normalized spacial score (nSPS) is 16.5. The van der Waals surface area contributed by atoms with Gasteiger partial charge >= 0.3 is 6.09 Å². The molecule has 2 N–H and O–H groups in total. The highest BCUT2D eigenvalue weighted by Crippen LogP contribution is 2.42. The van der Waals surface area contributed by atoms with Crippen molar-refractivity contribution in [3.05, 3.63) is 41.5 Å². The number of ether oxygens (including phenoxy) is 6. The Bertz CT molecular complexity index is 1120. The molecule has 0 atom stereocenters. The van der Waals surface area contributed by atoms with Gasteiger partial charge in [-0.3, -0.25) is 20.0 Å². The minimum atomic E-state index is -0.723. The molecular weight excluding hydrogens is 472 g/mol. The average molecular weight is 501 g/mol. The van der Waals surface area contributed by atoms with Crippen LogP contribution >= 0.6 is 0 Å². The van der Waals surface area contributed by atoms with Crippen molar-refractivity contribution in [3.63, 3.8) is 0 Å². The molecule has 12 heteroatoms. The van der Waals surface area contributed by atoms with Crippen LogP contribution < -0.4 is 34.5 Å². The second-order valence-corrected chi connectivity index (χ2v) is 8.43. The summed E-state index contributed by atoms with van der Waals surface area (Å²) in [5.74, 6) is 2.63. The fourth-order valence-corrected chi connectivity index (χ4v) is 4.23. The Kier molecular flexibility index (Phi) is 7.14. The predicted molar refractivity (Wildman–Crippen MR) is 125 cm³/mol. The highest BCUT2D eigenvalue weighted by atomic mass is 16.7. The average Bonchev–Trinajstić information content (AvgIpc) is 3.57. The predicted octanol–water partition coefficient (Wildman–Crippen LogP) is 1.34. The SMILES string of the molecule is COc1cc(CN2CCN(CCOC(=O)NNC(=O)c3ccc4c(c3)OCO4)CC2)cc2c1OCO2. The van der Waals surface area contributed by atoms with Crippen molar-refractivity contribution in [2.45, 2.75) is 6.54 Å². The van der Waals surface area contributed by atoms with Gasteiger partial charge < -0.3 is 28.4 Å². The lowest BCUT2D eigenvalue weighted by atomic mass is 10.1. The molecule has 0 radical (unpaired) electrons. The first-order chi connectivity index (χ1) is 17.6. The van der Waals surface area contributed by atoms with Crippen LogP contribution in [0.2, 0.25) is 0 Å². The van der Waals surface area contributed by atoms with Crippen LogP contribution in [0.25, 0.3) is 0 Å². The second-order valence-electron chi connectivity index (χ2n) is 8.43. The van der Waals surface area contributed by atoms with Gasteiger partial charge in [-0.15, -0.1) is 0 Å². The van der Waals surface area contributed by atoms with E-state index in [4.69, 9.17) is 28.4 Å². The molecule has 2 amide bonds. The molecule has 0 aliphatic carbocycles. The Balaban J connectivity index is 0.989. The standard InChI is InChI=1S/C24H28N4O8/c1-31-20-10-16(11-21-22(20)36-15-35-21)13-28-6-4-27(5-7-28)8-9-32-24(30)26-25-23(29)17-2-3-18-19(12-17)34-14-33-18/h2-3,10-12H,4-9,13-15H2,1H3,(H,25,29)(H,26,30). The number of hydrogen-bond donors (Lipinski definition) is 2. The zero-order valence-electron chi connectivity index (χ0n) is 19.9. The molecule has 0 spiro atoms. The first-order valence-corrected chi connectivity index (χ1v) is 11.6. The van der Waals surface area contributed by atoms with Gasteiger partial charge in [0.2, 0.25) is 19.3 Å². The van der Waals surface area contributed by atoms with Crippen LogP contribution in [0.15, 0.2) is 30.3 Å². The fourth-order valence-electron chi connectivity index (χ4n) is 4.23. The Morgan fingerprint density at radius 1 is 0.889 bits per heavy atom. The first kappa shape index (κ1) is 23.8. The van der Waals surface area contributed by atoms with Crippen LogP contribution in [0.1, 0.15) is 15.9 Å². The zero-order chi connectivity index (χ0) is 24.9. The third kappa shape index (κ3) is 5.50. The highest BCUT2D eigenvalue weighted by molar-refractivity contribution is 5.95.